The van der Waals surface area contributed by atoms with Crippen LogP contribution < -0.4 is 11.1 Å². The van der Waals surface area contributed by atoms with Crippen molar-refractivity contribution in [1.29, 1.82) is 0 Å². The Kier molecular flexibility index (Phi) is 5.49. The summed E-state index contributed by atoms with van der Waals surface area (Å²) in [5, 5.41) is 7.04. The maximum absolute atomic E-state index is 11.5. The third kappa shape index (κ3) is 4.77. The summed E-state index contributed by atoms with van der Waals surface area (Å²) >= 11 is 1.68. The largest absolute Gasteiger partial charge is 0.356 e. The van der Waals surface area contributed by atoms with Gasteiger partial charge in [0.1, 0.15) is 0 Å². The summed E-state index contributed by atoms with van der Waals surface area (Å²) in [7, 11) is 0. The number of carbonyl (C=O) groups is 1. The highest BCUT2D eigenvalue weighted by Crippen LogP contribution is 2.06. The second-order valence-electron chi connectivity index (χ2n) is 4.34. The molecule has 1 amide bonds. The third-order valence-corrected chi connectivity index (χ3v) is 3.33. The van der Waals surface area contributed by atoms with Crippen LogP contribution in [0, 0.1) is 5.92 Å². The quantitative estimate of drug-likeness (QED) is 0.796. The highest BCUT2D eigenvalue weighted by molar-refractivity contribution is 7.07. The molecule has 0 spiro atoms. The summed E-state index contributed by atoms with van der Waals surface area (Å²) in [5.41, 5.74) is 7.10. The number of rotatable bonds is 6. The molecule has 0 radical (unpaired) electrons. The molecule has 0 aromatic carbocycles. The molecule has 0 fully saturated rings. The van der Waals surface area contributed by atoms with Crippen LogP contribution >= 0.6 is 11.3 Å². The minimum Gasteiger partial charge on any atom is -0.356 e. The van der Waals surface area contributed by atoms with E-state index in [1.54, 1.807) is 11.3 Å². The van der Waals surface area contributed by atoms with Gasteiger partial charge in [-0.15, -0.1) is 0 Å². The Balaban J connectivity index is 2.15. The fourth-order valence-corrected chi connectivity index (χ4v) is 2.01. The zero-order valence-electron chi connectivity index (χ0n) is 9.90. The molecule has 1 aromatic heterocycles. The molecule has 1 heterocycles. The van der Waals surface area contributed by atoms with Crippen molar-refractivity contribution >= 4 is 17.2 Å². The molecule has 16 heavy (non-hydrogen) atoms. The number of nitrogens with two attached hydrogens (primary N) is 1. The molecule has 1 aromatic rings. The molecular formula is C12H20N2OS. The van der Waals surface area contributed by atoms with Crippen LogP contribution in [0.5, 0.6) is 0 Å². The molecule has 90 valence electrons. The topological polar surface area (TPSA) is 55.1 Å². The number of thiophene rings is 1. The molecule has 0 saturated heterocycles. The first-order valence-corrected chi connectivity index (χ1v) is 6.57. The van der Waals surface area contributed by atoms with Crippen LogP contribution in [-0.2, 0) is 11.2 Å². The average Bonchev–Trinajstić information content (AvgIpc) is 2.70. The maximum atomic E-state index is 11.5. The third-order valence-electron chi connectivity index (χ3n) is 2.59. The van der Waals surface area contributed by atoms with E-state index >= 15 is 0 Å². The van der Waals surface area contributed by atoms with Crippen LogP contribution in [0.3, 0.4) is 0 Å². The monoisotopic (exact) mass is 240 g/mol. The molecule has 0 saturated carbocycles. The van der Waals surface area contributed by atoms with Crippen molar-refractivity contribution < 1.29 is 4.79 Å². The molecule has 0 aliphatic rings. The lowest BCUT2D eigenvalue weighted by atomic mass is 10.0. The van der Waals surface area contributed by atoms with Crippen molar-refractivity contribution in [3.8, 4) is 0 Å². The Morgan fingerprint density at radius 3 is 2.88 bits per heavy atom. The SMILES string of the molecule is CC(C)C(N)CC(=O)NCCc1ccsc1. The second-order valence-corrected chi connectivity index (χ2v) is 5.12. The van der Waals surface area contributed by atoms with Crippen LogP contribution in [0.15, 0.2) is 16.8 Å². The van der Waals surface area contributed by atoms with E-state index in [1.165, 1.54) is 5.56 Å². The Hall–Kier alpha value is -0.870. The Morgan fingerprint density at radius 2 is 2.31 bits per heavy atom. The van der Waals surface area contributed by atoms with Gasteiger partial charge in [0.25, 0.3) is 0 Å². The van der Waals surface area contributed by atoms with Crippen LogP contribution in [-0.4, -0.2) is 18.5 Å². The van der Waals surface area contributed by atoms with Crippen molar-refractivity contribution in [2.45, 2.75) is 32.7 Å². The Morgan fingerprint density at radius 1 is 1.56 bits per heavy atom. The molecule has 0 aliphatic heterocycles. The predicted molar refractivity (Wildman–Crippen MR) is 68.5 cm³/mol. The summed E-state index contributed by atoms with van der Waals surface area (Å²) in [5.74, 6) is 0.402. The molecule has 1 rings (SSSR count). The zero-order chi connectivity index (χ0) is 12.0. The van der Waals surface area contributed by atoms with Gasteiger partial charge in [-0.05, 0) is 34.7 Å². The fourth-order valence-electron chi connectivity index (χ4n) is 1.30. The molecule has 1 unspecified atom stereocenters. The van der Waals surface area contributed by atoms with Gasteiger partial charge in [-0.2, -0.15) is 11.3 Å². The summed E-state index contributed by atoms with van der Waals surface area (Å²) in [6, 6.07) is 2.04. The molecule has 0 bridgehead atoms. The molecule has 3 nitrogen and oxygen atoms in total. The first-order valence-electron chi connectivity index (χ1n) is 5.63. The van der Waals surface area contributed by atoms with Crippen molar-refractivity contribution in [1.82, 2.24) is 5.32 Å². The molecule has 4 heteroatoms. The van der Waals surface area contributed by atoms with E-state index < -0.39 is 0 Å². The first kappa shape index (κ1) is 13.2. The smallest absolute Gasteiger partial charge is 0.221 e. The van der Waals surface area contributed by atoms with Crippen LogP contribution in [0.25, 0.3) is 0 Å². The number of hydrogen-bond donors (Lipinski definition) is 2. The maximum Gasteiger partial charge on any atom is 0.221 e. The van der Waals surface area contributed by atoms with E-state index in [4.69, 9.17) is 5.73 Å². The lowest BCUT2D eigenvalue weighted by molar-refractivity contribution is -0.121. The first-order chi connectivity index (χ1) is 7.59. The zero-order valence-corrected chi connectivity index (χ0v) is 10.7. The summed E-state index contributed by atoms with van der Waals surface area (Å²) in [6.45, 7) is 4.76. The number of amides is 1. The van der Waals surface area contributed by atoms with E-state index in [0.717, 1.165) is 6.42 Å². The second kappa shape index (κ2) is 6.66. The van der Waals surface area contributed by atoms with Gasteiger partial charge in [0.15, 0.2) is 0 Å². The summed E-state index contributed by atoms with van der Waals surface area (Å²) < 4.78 is 0. The lowest BCUT2D eigenvalue weighted by Crippen LogP contribution is -2.35. The number of hydrogen-bond acceptors (Lipinski definition) is 3. The van der Waals surface area contributed by atoms with Gasteiger partial charge >= 0.3 is 0 Å². The van der Waals surface area contributed by atoms with Crippen molar-refractivity contribution in [2.75, 3.05) is 6.54 Å². The minimum absolute atomic E-state index is 0.0406. The predicted octanol–water partition coefficient (Wildman–Crippen LogP) is 1.78. The van der Waals surface area contributed by atoms with Crippen LogP contribution in [0.1, 0.15) is 25.8 Å². The van der Waals surface area contributed by atoms with E-state index in [9.17, 15) is 4.79 Å². The molecule has 1 atom stereocenters. The Labute approximate surface area is 101 Å². The van der Waals surface area contributed by atoms with Gasteiger partial charge in [0, 0.05) is 19.0 Å². The van der Waals surface area contributed by atoms with Crippen LogP contribution in [0.4, 0.5) is 0 Å². The van der Waals surface area contributed by atoms with E-state index in [2.05, 4.69) is 16.8 Å². The number of nitrogens with one attached hydrogen (secondary N) is 1. The summed E-state index contributed by atoms with van der Waals surface area (Å²) in [6.07, 6.45) is 1.31. The van der Waals surface area contributed by atoms with E-state index in [-0.39, 0.29) is 11.9 Å². The van der Waals surface area contributed by atoms with Gasteiger partial charge in [0.05, 0.1) is 0 Å². The average molecular weight is 240 g/mol. The van der Waals surface area contributed by atoms with Crippen molar-refractivity contribution in [3.63, 3.8) is 0 Å². The molecular weight excluding hydrogens is 220 g/mol. The standard InChI is InChI=1S/C12H20N2OS/c1-9(2)11(13)7-12(15)14-5-3-10-4-6-16-8-10/h4,6,8-9,11H,3,5,7,13H2,1-2H3,(H,14,15). The van der Waals surface area contributed by atoms with Crippen LogP contribution in [0.2, 0.25) is 0 Å². The highest BCUT2D eigenvalue weighted by Gasteiger charge is 2.12. The van der Waals surface area contributed by atoms with E-state index in [1.807, 2.05) is 19.2 Å². The fraction of sp³-hybridized carbons (Fsp3) is 0.583. The molecule has 3 N–H and O–H groups in total. The normalized spacial score (nSPS) is 12.8. The summed E-state index contributed by atoms with van der Waals surface area (Å²) in [4.78, 5) is 11.5. The van der Waals surface area contributed by atoms with Gasteiger partial charge < -0.3 is 11.1 Å². The Bertz CT molecular complexity index is 309. The van der Waals surface area contributed by atoms with Crippen molar-refractivity contribution in [2.24, 2.45) is 11.7 Å². The van der Waals surface area contributed by atoms with E-state index in [0.29, 0.717) is 18.9 Å². The van der Waals surface area contributed by atoms with Crippen molar-refractivity contribution in [3.05, 3.63) is 22.4 Å². The van der Waals surface area contributed by atoms with Gasteiger partial charge in [-0.3, -0.25) is 4.79 Å². The van der Waals surface area contributed by atoms with Gasteiger partial charge in [0.2, 0.25) is 5.91 Å². The minimum atomic E-state index is -0.0406. The van der Waals surface area contributed by atoms with Gasteiger partial charge in [-0.1, -0.05) is 13.8 Å². The number of carbonyl (C=O) groups excluding carboxylic acids is 1. The highest BCUT2D eigenvalue weighted by atomic mass is 32.1. The van der Waals surface area contributed by atoms with Gasteiger partial charge in [-0.25, -0.2) is 0 Å². The lowest BCUT2D eigenvalue weighted by Gasteiger charge is -2.14. The molecule has 0 aliphatic carbocycles.